The van der Waals surface area contributed by atoms with Crippen LogP contribution in [0.5, 0.6) is 0 Å². The van der Waals surface area contributed by atoms with Crippen molar-refractivity contribution in [2.45, 2.75) is 22.1 Å². The molecule has 0 N–H and O–H groups in total. The maximum absolute atomic E-state index is 13.4. The number of para-hydroxylation sites is 1. The number of nitrogens with zero attached hydrogens (tertiary/aromatic N) is 1. The van der Waals surface area contributed by atoms with Gasteiger partial charge in [-0.3, -0.25) is 0 Å². The molecular formula is C22H19NO2S2. The second-order valence-electron chi connectivity index (χ2n) is 6.36. The Morgan fingerprint density at radius 1 is 0.889 bits per heavy atom. The van der Waals surface area contributed by atoms with Gasteiger partial charge >= 0.3 is 0 Å². The maximum Gasteiger partial charge on any atom is 0.265 e. The molecule has 0 bridgehead atoms. The Bertz CT molecular complexity index is 1070. The minimum absolute atomic E-state index is 0.309. The molecule has 0 spiro atoms. The number of hydrogen-bond donors (Lipinski definition) is 0. The fourth-order valence-corrected chi connectivity index (χ4v) is 6.09. The summed E-state index contributed by atoms with van der Waals surface area (Å²) in [6.45, 7) is 1.95. The quantitative estimate of drug-likeness (QED) is 0.601. The zero-order valence-electron chi connectivity index (χ0n) is 14.8. The van der Waals surface area contributed by atoms with Crippen LogP contribution < -0.4 is 4.31 Å². The van der Waals surface area contributed by atoms with Crippen LogP contribution in [0.3, 0.4) is 0 Å². The molecule has 1 aliphatic rings. The van der Waals surface area contributed by atoms with Crippen molar-refractivity contribution in [3.8, 4) is 0 Å². The van der Waals surface area contributed by atoms with E-state index in [-0.39, 0.29) is 5.37 Å². The Hall–Kier alpha value is -2.50. The molecule has 1 atom stereocenters. The van der Waals surface area contributed by atoms with Gasteiger partial charge in [-0.15, -0.1) is 0 Å². The number of anilines is 1. The highest BCUT2D eigenvalue weighted by molar-refractivity contribution is 8.03. The number of hydrogen-bond acceptors (Lipinski definition) is 3. The molecule has 5 heteroatoms. The van der Waals surface area contributed by atoms with Gasteiger partial charge in [0.05, 0.1) is 10.6 Å². The molecule has 0 radical (unpaired) electrons. The van der Waals surface area contributed by atoms with Crippen molar-refractivity contribution in [2.75, 3.05) is 4.31 Å². The Morgan fingerprint density at radius 2 is 1.56 bits per heavy atom. The molecule has 1 unspecified atom stereocenters. The van der Waals surface area contributed by atoms with Crippen molar-refractivity contribution >= 4 is 33.5 Å². The highest BCUT2D eigenvalue weighted by Gasteiger charge is 2.37. The topological polar surface area (TPSA) is 37.4 Å². The SMILES string of the molecule is Cc1ccc(S(=O)(=O)N2c3ccccc3SC2/C=C/c2ccccc2)cc1. The molecular weight excluding hydrogens is 374 g/mol. The van der Waals surface area contributed by atoms with Gasteiger partial charge < -0.3 is 0 Å². The van der Waals surface area contributed by atoms with Crippen molar-refractivity contribution in [2.24, 2.45) is 0 Å². The summed E-state index contributed by atoms with van der Waals surface area (Å²) in [6, 6.07) is 24.6. The van der Waals surface area contributed by atoms with Crippen LogP contribution in [-0.4, -0.2) is 13.8 Å². The zero-order chi connectivity index (χ0) is 18.9. The molecule has 0 saturated carbocycles. The minimum Gasteiger partial charge on any atom is -0.248 e. The van der Waals surface area contributed by atoms with Crippen LogP contribution in [0.1, 0.15) is 11.1 Å². The molecule has 0 aliphatic carbocycles. The van der Waals surface area contributed by atoms with Crippen LogP contribution in [0.25, 0.3) is 6.08 Å². The summed E-state index contributed by atoms with van der Waals surface area (Å²) < 4.78 is 28.3. The minimum atomic E-state index is -3.66. The Kier molecular flexibility index (Phi) is 4.81. The summed E-state index contributed by atoms with van der Waals surface area (Å²) in [7, 11) is -3.66. The lowest BCUT2D eigenvalue weighted by Crippen LogP contribution is -2.34. The molecule has 0 aromatic heterocycles. The first-order valence-electron chi connectivity index (χ1n) is 8.66. The van der Waals surface area contributed by atoms with Crippen LogP contribution in [0.15, 0.2) is 94.7 Å². The first-order chi connectivity index (χ1) is 13.1. The average molecular weight is 394 g/mol. The molecule has 27 heavy (non-hydrogen) atoms. The van der Waals surface area contributed by atoms with Crippen molar-refractivity contribution < 1.29 is 8.42 Å². The van der Waals surface area contributed by atoms with E-state index in [1.807, 2.05) is 85.8 Å². The predicted octanol–water partition coefficient (Wildman–Crippen LogP) is 5.34. The van der Waals surface area contributed by atoms with E-state index in [0.29, 0.717) is 4.90 Å². The van der Waals surface area contributed by atoms with E-state index in [9.17, 15) is 8.42 Å². The highest BCUT2D eigenvalue weighted by atomic mass is 32.2. The largest absolute Gasteiger partial charge is 0.265 e. The van der Waals surface area contributed by atoms with Crippen molar-refractivity contribution in [3.63, 3.8) is 0 Å². The van der Waals surface area contributed by atoms with Crippen molar-refractivity contribution in [1.82, 2.24) is 0 Å². The van der Waals surface area contributed by atoms with Crippen LogP contribution >= 0.6 is 11.8 Å². The Labute approximate surface area is 164 Å². The molecule has 3 aromatic carbocycles. The van der Waals surface area contributed by atoms with Gasteiger partial charge in [-0.1, -0.05) is 78.0 Å². The van der Waals surface area contributed by atoms with E-state index < -0.39 is 10.0 Å². The number of thioether (sulfide) groups is 1. The number of benzene rings is 3. The predicted molar refractivity (Wildman–Crippen MR) is 112 cm³/mol. The second-order valence-corrected chi connectivity index (χ2v) is 9.33. The summed E-state index contributed by atoms with van der Waals surface area (Å²) in [5.74, 6) is 0. The average Bonchev–Trinajstić information content (AvgIpc) is 3.07. The third kappa shape index (κ3) is 3.53. The highest BCUT2D eigenvalue weighted by Crippen LogP contribution is 2.46. The van der Waals surface area contributed by atoms with Crippen LogP contribution in [0, 0.1) is 6.92 Å². The van der Waals surface area contributed by atoms with Gasteiger partial charge in [0.25, 0.3) is 10.0 Å². The van der Waals surface area contributed by atoms with Crippen LogP contribution in [-0.2, 0) is 10.0 Å². The summed E-state index contributed by atoms with van der Waals surface area (Å²) in [6.07, 6.45) is 3.92. The van der Waals surface area contributed by atoms with Gasteiger partial charge in [-0.25, -0.2) is 12.7 Å². The molecule has 1 heterocycles. The third-order valence-corrected chi connectivity index (χ3v) is 7.56. The summed E-state index contributed by atoms with van der Waals surface area (Å²) >= 11 is 1.55. The zero-order valence-corrected chi connectivity index (χ0v) is 16.5. The Balaban J connectivity index is 1.76. The molecule has 1 aliphatic heterocycles. The van der Waals surface area contributed by atoms with Crippen LogP contribution in [0.4, 0.5) is 5.69 Å². The normalized spacial score (nSPS) is 16.6. The molecule has 3 aromatic rings. The van der Waals surface area contributed by atoms with Gasteiger partial charge in [-0.2, -0.15) is 0 Å². The maximum atomic E-state index is 13.4. The molecule has 0 amide bonds. The van der Waals surface area contributed by atoms with Crippen molar-refractivity contribution in [1.29, 1.82) is 0 Å². The van der Waals surface area contributed by atoms with Crippen LogP contribution in [0.2, 0.25) is 0 Å². The standard InChI is InChI=1S/C22H19NO2S2/c1-17-11-14-19(15-12-17)27(24,25)23-20-9-5-6-10-21(20)26-22(23)16-13-18-7-3-2-4-8-18/h2-16,22H,1H3/b16-13+. The van der Waals surface area contributed by atoms with E-state index in [1.165, 1.54) is 4.31 Å². The number of sulfonamides is 1. The van der Waals surface area contributed by atoms with E-state index in [1.54, 1.807) is 23.9 Å². The fraction of sp³-hybridized carbons (Fsp3) is 0.0909. The number of aryl methyl sites for hydroxylation is 1. The van der Waals surface area contributed by atoms with Gasteiger partial charge in [0.2, 0.25) is 0 Å². The van der Waals surface area contributed by atoms with E-state index in [4.69, 9.17) is 0 Å². The summed E-state index contributed by atoms with van der Waals surface area (Å²) in [5, 5.41) is -0.325. The van der Waals surface area contributed by atoms with Gasteiger partial charge in [0.15, 0.2) is 0 Å². The van der Waals surface area contributed by atoms with E-state index in [2.05, 4.69) is 0 Å². The van der Waals surface area contributed by atoms with Crippen molar-refractivity contribution in [3.05, 3.63) is 96.1 Å². The lowest BCUT2D eigenvalue weighted by molar-refractivity contribution is 0.592. The van der Waals surface area contributed by atoms with E-state index >= 15 is 0 Å². The number of rotatable bonds is 4. The molecule has 3 nitrogen and oxygen atoms in total. The van der Waals surface area contributed by atoms with Gasteiger partial charge in [0.1, 0.15) is 5.37 Å². The monoisotopic (exact) mass is 393 g/mol. The van der Waals surface area contributed by atoms with Gasteiger partial charge in [-0.05, 0) is 42.8 Å². The lowest BCUT2D eigenvalue weighted by atomic mass is 10.2. The van der Waals surface area contributed by atoms with E-state index in [0.717, 1.165) is 21.7 Å². The molecule has 0 fully saturated rings. The lowest BCUT2D eigenvalue weighted by Gasteiger charge is -2.24. The first kappa shape index (κ1) is 17.9. The Morgan fingerprint density at radius 3 is 2.30 bits per heavy atom. The molecule has 136 valence electrons. The smallest absolute Gasteiger partial charge is 0.248 e. The first-order valence-corrected chi connectivity index (χ1v) is 11.0. The summed E-state index contributed by atoms with van der Waals surface area (Å²) in [5.41, 5.74) is 2.80. The summed E-state index contributed by atoms with van der Waals surface area (Å²) in [4.78, 5) is 1.28. The second kappa shape index (κ2) is 7.25. The number of fused-ring (bicyclic) bond motifs is 1. The molecule has 4 rings (SSSR count). The van der Waals surface area contributed by atoms with Gasteiger partial charge in [0, 0.05) is 4.90 Å². The molecule has 0 saturated heterocycles. The third-order valence-electron chi connectivity index (χ3n) is 4.41. The fourth-order valence-electron chi connectivity index (χ4n) is 3.02.